The SMILES string of the molecule is NS(=O)(=O)c1ccc(Br)c(C(=O)Nc2cnns2)c1. The van der Waals surface area contributed by atoms with Gasteiger partial charge in [-0.25, -0.2) is 13.6 Å². The number of nitrogens with one attached hydrogen (secondary N) is 1. The summed E-state index contributed by atoms with van der Waals surface area (Å²) in [6, 6.07) is 3.95. The van der Waals surface area contributed by atoms with Gasteiger partial charge in [-0.05, 0) is 34.1 Å². The van der Waals surface area contributed by atoms with Crippen molar-refractivity contribution >= 4 is 48.4 Å². The van der Waals surface area contributed by atoms with Crippen molar-refractivity contribution in [2.24, 2.45) is 5.14 Å². The second-order valence-corrected chi connectivity index (χ2v) is 6.62. The molecule has 0 saturated heterocycles. The molecule has 0 fully saturated rings. The van der Waals surface area contributed by atoms with Crippen molar-refractivity contribution in [3.05, 3.63) is 34.4 Å². The zero-order valence-electron chi connectivity index (χ0n) is 9.20. The van der Waals surface area contributed by atoms with Crippen LogP contribution in [0.3, 0.4) is 0 Å². The molecule has 0 saturated carbocycles. The van der Waals surface area contributed by atoms with Gasteiger partial charge in [0.25, 0.3) is 5.91 Å². The fourth-order valence-corrected chi connectivity index (χ4v) is 2.64. The molecule has 7 nitrogen and oxygen atoms in total. The summed E-state index contributed by atoms with van der Waals surface area (Å²) in [6.07, 6.45) is 1.39. The molecule has 19 heavy (non-hydrogen) atoms. The van der Waals surface area contributed by atoms with Crippen LogP contribution in [0.5, 0.6) is 0 Å². The predicted octanol–water partition coefficient (Wildman–Crippen LogP) is 1.20. The molecular formula is C9H7BrN4O3S2. The maximum Gasteiger partial charge on any atom is 0.257 e. The molecule has 0 spiro atoms. The van der Waals surface area contributed by atoms with E-state index in [1.165, 1.54) is 24.4 Å². The van der Waals surface area contributed by atoms with Gasteiger partial charge >= 0.3 is 0 Å². The first-order valence-corrected chi connectivity index (χ1v) is 7.90. The number of hydrogen-bond donors (Lipinski definition) is 2. The molecule has 0 aliphatic carbocycles. The standard InChI is InChI=1S/C9H7BrN4O3S2/c10-7-2-1-5(19(11,16)17)3-6(7)9(15)13-8-4-12-14-18-8/h1-4H,(H,13,15)(H2,11,16,17). The molecule has 0 bridgehead atoms. The first kappa shape index (κ1) is 14.1. The van der Waals surface area contributed by atoms with Crippen molar-refractivity contribution in [2.75, 3.05) is 5.32 Å². The van der Waals surface area contributed by atoms with Crippen LogP contribution in [0.2, 0.25) is 0 Å². The highest BCUT2D eigenvalue weighted by atomic mass is 79.9. The molecule has 0 aliphatic rings. The molecule has 0 atom stereocenters. The lowest BCUT2D eigenvalue weighted by Crippen LogP contribution is -2.16. The predicted molar refractivity (Wildman–Crippen MR) is 73.4 cm³/mol. The van der Waals surface area contributed by atoms with Gasteiger partial charge < -0.3 is 5.32 Å². The third kappa shape index (κ3) is 3.35. The van der Waals surface area contributed by atoms with Crippen LogP contribution >= 0.6 is 27.5 Å². The van der Waals surface area contributed by atoms with Crippen molar-refractivity contribution in [3.63, 3.8) is 0 Å². The minimum Gasteiger partial charge on any atom is -0.311 e. The average Bonchev–Trinajstić information content (AvgIpc) is 2.80. The number of anilines is 1. The maximum atomic E-state index is 12.0. The maximum absolute atomic E-state index is 12.0. The summed E-state index contributed by atoms with van der Waals surface area (Å²) in [7, 11) is -3.86. The summed E-state index contributed by atoms with van der Waals surface area (Å²) in [5.41, 5.74) is 0.153. The van der Waals surface area contributed by atoms with Crippen LogP contribution in [0.4, 0.5) is 5.00 Å². The Labute approximate surface area is 121 Å². The van der Waals surface area contributed by atoms with E-state index < -0.39 is 15.9 Å². The Morgan fingerprint density at radius 3 is 2.74 bits per heavy atom. The topological polar surface area (TPSA) is 115 Å². The van der Waals surface area contributed by atoms with Gasteiger partial charge in [-0.2, -0.15) is 0 Å². The Morgan fingerprint density at radius 2 is 2.16 bits per heavy atom. The van der Waals surface area contributed by atoms with Gasteiger partial charge in [0.2, 0.25) is 10.0 Å². The number of primary sulfonamides is 1. The summed E-state index contributed by atoms with van der Waals surface area (Å²) >= 11 is 4.19. The first-order valence-electron chi connectivity index (χ1n) is 4.79. The molecule has 1 aromatic carbocycles. The molecule has 1 heterocycles. The largest absolute Gasteiger partial charge is 0.311 e. The van der Waals surface area contributed by atoms with Gasteiger partial charge in [-0.3, -0.25) is 4.79 Å². The molecule has 0 aliphatic heterocycles. The lowest BCUT2D eigenvalue weighted by Gasteiger charge is -2.06. The highest BCUT2D eigenvalue weighted by Crippen LogP contribution is 2.22. The Kier molecular flexibility index (Phi) is 3.94. The van der Waals surface area contributed by atoms with Crippen LogP contribution in [0.15, 0.2) is 33.8 Å². The number of nitrogens with two attached hydrogens (primary N) is 1. The minimum absolute atomic E-state index is 0.136. The van der Waals surface area contributed by atoms with E-state index in [9.17, 15) is 13.2 Å². The Balaban J connectivity index is 2.36. The zero-order valence-corrected chi connectivity index (χ0v) is 12.4. The third-order valence-electron chi connectivity index (χ3n) is 2.11. The number of sulfonamides is 1. The Bertz CT molecular complexity index is 715. The average molecular weight is 363 g/mol. The van der Waals surface area contributed by atoms with Crippen LogP contribution < -0.4 is 10.5 Å². The van der Waals surface area contributed by atoms with Gasteiger partial charge in [0.1, 0.15) is 5.00 Å². The minimum atomic E-state index is -3.86. The zero-order chi connectivity index (χ0) is 14.0. The van der Waals surface area contributed by atoms with Gasteiger partial charge in [0.05, 0.1) is 16.7 Å². The van der Waals surface area contributed by atoms with E-state index in [-0.39, 0.29) is 10.5 Å². The van der Waals surface area contributed by atoms with Crippen molar-refractivity contribution in [3.8, 4) is 0 Å². The molecule has 1 aromatic heterocycles. The third-order valence-corrected chi connectivity index (χ3v) is 4.29. The van der Waals surface area contributed by atoms with Crippen LogP contribution in [-0.4, -0.2) is 23.9 Å². The number of amides is 1. The van der Waals surface area contributed by atoms with Crippen molar-refractivity contribution < 1.29 is 13.2 Å². The molecule has 100 valence electrons. The van der Waals surface area contributed by atoms with Crippen molar-refractivity contribution in [1.82, 2.24) is 9.59 Å². The van der Waals surface area contributed by atoms with Gasteiger partial charge in [-0.1, -0.05) is 4.49 Å². The second kappa shape index (κ2) is 5.33. The molecule has 0 radical (unpaired) electrons. The smallest absolute Gasteiger partial charge is 0.257 e. The highest BCUT2D eigenvalue weighted by molar-refractivity contribution is 9.10. The van der Waals surface area contributed by atoms with E-state index in [2.05, 4.69) is 30.8 Å². The van der Waals surface area contributed by atoms with Crippen molar-refractivity contribution in [1.29, 1.82) is 0 Å². The summed E-state index contributed by atoms with van der Waals surface area (Å²) < 4.78 is 26.5. The molecule has 1 amide bonds. The summed E-state index contributed by atoms with van der Waals surface area (Å²) in [6.45, 7) is 0. The molecule has 0 unspecified atom stereocenters. The number of nitrogens with zero attached hydrogens (tertiary/aromatic N) is 2. The molecule has 3 N–H and O–H groups in total. The van der Waals surface area contributed by atoms with E-state index in [0.717, 1.165) is 11.5 Å². The first-order chi connectivity index (χ1) is 8.88. The Morgan fingerprint density at radius 1 is 1.42 bits per heavy atom. The van der Waals surface area contributed by atoms with E-state index in [4.69, 9.17) is 5.14 Å². The summed E-state index contributed by atoms with van der Waals surface area (Å²) in [5, 5.41) is 11.6. The van der Waals surface area contributed by atoms with E-state index in [1.807, 2.05) is 0 Å². The molecule has 2 rings (SSSR count). The van der Waals surface area contributed by atoms with E-state index >= 15 is 0 Å². The summed E-state index contributed by atoms with van der Waals surface area (Å²) in [4.78, 5) is 11.9. The number of carbonyl (C=O) groups excluding carboxylic acids is 1. The fraction of sp³-hybridized carbons (Fsp3) is 0. The lowest BCUT2D eigenvalue weighted by molar-refractivity contribution is 0.102. The quantitative estimate of drug-likeness (QED) is 0.850. The van der Waals surface area contributed by atoms with Crippen LogP contribution in [-0.2, 0) is 10.0 Å². The number of benzene rings is 1. The van der Waals surface area contributed by atoms with Gasteiger partial charge in [0, 0.05) is 16.0 Å². The number of carbonyl (C=O) groups is 1. The van der Waals surface area contributed by atoms with Crippen molar-refractivity contribution in [2.45, 2.75) is 4.90 Å². The fourth-order valence-electron chi connectivity index (χ4n) is 1.26. The van der Waals surface area contributed by atoms with Gasteiger partial charge in [-0.15, -0.1) is 5.10 Å². The second-order valence-electron chi connectivity index (χ2n) is 3.42. The monoisotopic (exact) mass is 362 g/mol. The Hall–Kier alpha value is -1.36. The highest BCUT2D eigenvalue weighted by Gasteiger charge is 2.16. The van der Waals surface area contributed by atoms with Crippen LogP contribution in [0.1, 0.15) is 10.4 Å². The van der Waals surface area contributed by atoms with Crippen LogP contribution in [0.25, 0.3) is 0 Å². The van der Waals surface area contributed by atoms with E-state index in [0.29, 0.717) is 9.47 Å². The number of halogens is 1. The number of rotatable bonds is 3. The number of aromatic nitrogens is 2. The van der Waals surface area contributed by atoms with Crippen LogP contribution in [0, 0.1) is 0 Å². The summed E-state index contributed by atoms with van der Waals surface area (Å²) in [5.74, 6) is -0.483. The molecular weight excluding hydrogens is 356 g/mol. The number of hydrogen-bond acceptors (Lipinski definition) is 6. The molecule has 2 aromatic rings. The van der Waals surface area contributed by atoms with Gasteiger partial charge in [0.15, 0.2) is 0 Å². The van der Waals surface area contributed by atoms with E-state index in [1.54, 1.807) is 0 Å². The normalized spacial score (nSPS) is 11.3. The molecule has 10 heteroatoms. The lowest BCUT2D eigenvalue weighted by atomic mass is 10.2.